The largest absolute Gasteiger partial charge is 0.247 e. The molecular weight excluding hydrogens is 288 g/mol. The lowest BCUT2D eigenvalue weighted by molar-refractivity contribution is 0.593. The zero-order valence-corrected chi connectivity index (χ0v) is 12.0. The smallest absolute Gasteiger partial charge is 0.232 e. The lowest BCUT2D eigenvalue weighted by atomic mass is 10.2. The third kappa shape index (κ3) is 2.68. The van der Waals surface area contributed by atoms with E-state index >= 15 is 0 Å². The van der Waals surface area contributed by atoms with Crippen LogP contribution < -0.4 is 0 Å². The van der Waals surface area contributed by atoms with Crippen molar-refractivity contribution in [3.8, 4) is 17.1 Å². The average molecular weight is 300 g/mol. The van der Waals surface area contributed by atoms with Crippen molar-refractivity contribution in [1.29, 1.82) is 0 Å². The lowest BCUT2D eigenvalue weighted by Gasteiger charge is -2.07. The van der Waals surface area contributed by atoms with E-state index in [-0.39, 0.29) is 5.16 Å². The summed E-state index contributed by atoms with van der Waals surface area (Å²) in [4.78, 5) is 7.91. The Morgan fingerprint density at radius 3 is 2.48 bits per heavy atom. The fraction of sp³-hybridized carbons (Fsp3) is 0.0714. The summed E-state index contributed by atoms with van der Waals surface area (Å²) in [6, 6.07) is 13.0. The fourth-order valence-corrected chi connectivity index (χ4v) is 2.45. The molecule has 0 aliphatic carbocycles. The summed E-state index contributed by atoms with van der Waals surface area (Å²) >= 11 is 0. The van der Waals surface area contributed by atoms with Gasteiger partial charge in [0.15, 0.2) is 0 Å². The molecule has 1 aromatic carbocycles. The van der Waals surface area contributed by atoms with E-state index in [1.807, 2.05) is 30.3 Å². The highest BCUT2D eigenvalue weighted by molar-refractivity contribution is 7.90. The minimum atomic E-state index is -3.45. The van der Waals surface area contributed by atoms with Crippen molar-refractivity contribution < 1.29 is 8.42 Å². The molecule has 6 nitrogen and oxygen atoms in total. The number of sulfone groups is 1. The quantitative estimate of drug-likeness (QED) is 0.688. The molecule has 0 amide bonds. The van der Waals surface area contributed by atoms with Crippen LogP contribution in [0.3, 0.4) is 0 Å². The third-order valence-electron chi connectivity index (χ3n) is 2.87. The molecule has 2 heterocycles. The maximum atomic E-state index is 11.6. The first-order chi connectivity index (χ1) is 10.1. The average Bonchev–Trinajstić information content (AvgIpc) is 2.97. The third-order valence-corrected chi connectivity index (χ3v) is 3.73. The molecule has 0 radical (unpaired) electrons. The molecule has 0 unspecified atom stereocenters. The van der Waals surface area contributed by atoms with Gasteiger partial charge in [0.1, 0.15) is 0 Å². The predicted molar refractivity (Wildman–Crippen MR) is 77.7 cm³/mol. The van der Waals surface area contributed by atoms with Gasteiger partial charge in [-0.3, -0.25) is 0 Å². The first kappa shape index (κ1) is 13.4. The first-order valence-corrected chi connectivity index (χ1v) is 8.08. The molecule has 0 spiro atoms. The van der Waals surface area contributed by atoms with Crippen LogP contribution >= 0.6 is 0 Å². The van der Waals surface area contributed by atoms with Crippen LogP contribution in [-0.4, -0.2) is 34.4 Å². The summed E-state index contributed by atoms with van der Waals surface area (Å²) in [6.07, 6.45) is 4.16. The standard InChI is InChI=1S/C14H12N4O2S/c1-21(19,20)14-15-9-7-12(17-14)13-8-10-16-18(13)11-5-3-2-4-6-11/h2-10H,1H3. The summed E-state index contributed by atoms with van der Waals surface area (Å²) in [6.45, 7) is 0. The van der Waals surface area contributed by atoms with Crippen molar-refractivity contribution >= 4 is 9.84 Å². The zero-order valence-electron chi connectivity index (χ0n) is 11.2. The monoisotopic (exact) mass is 300 g/mol. The van der Waals surface area contributed by atoms with E-state index < -0.39 is 9.84 Å². The molecule has 0 atom stereocenters. The van der Waals surface area contributed by atoms with Crippen molar-refractivity contribution in [2.45, 2.75) is 5.16 Å². The molecule has 0 bridgehead atoms. The highest BCUT2D eigenvalue weighted by Gasteiger charge is 2.14. The summed E-state index contributed by atoms with van der Waals surface area (Å²) < 4.78 is 24.8. The first-order valence-electron chi connectivity index (χ1n) is 6.18. The number of aromatic nitrogens is 4. The molecule has 0 N–H and O–H groups in total. The minimum Gasteiger partial charge on any atom is -0.232 e. The maximum absolute atomic E-state index is 11.6. The van der Waals surface area contributed by atoms with Crippen LogP contribution in [-0.2, 0) is 9.84 Å². The number of nitrogens with zero attached hydrogens (tertiary/aromatic N) is 4. The van der Waals surface area contributed by atoms with Gasteiger partial charge in [0.25, 0.3) is 0 Å². The number of hydrogen-bond donors (Lipinski definition) is 0. The molecule has 3 aromatic rings. The van der Waals surface area contributed by atoms with Crippen LogP contribution in [0.1, 0.15) is 0 Å². The van der Waals surface area contributed by atoms with E-state index in [1.54, 1.807) is 23.0 Å². The van der Waals surface area contributed by atoms with Crippen LogP contribution in [0.2, 0.25) is 0 Å². The Morgan fingerprint density at radius 2 is 1.76 bits per heavy atom. The van der Waals surface area contributed by atoms with Crippen molar-refractivity contribution in [1.82, 2.24) is 19.7 Å². The molecule has 21 heavy (non-hydrogen) atoms. The van der Waals surface area contributed by atoms with Gasteiger partial charge >= 0.3 is 0 Å². The second-order valence-corrected chi connectivity index (χ2v) is 6.37. The van der Waals surface area contributed by atoms with Crippen LogP contribution in [0.15, 0.2) is 60.0 Å². The van der Waals surface area contributed by atoms with Crippen molar-refractivity contribution in [3.05, 3.63) is 54.9 Å². The van der Waals surface area contributed by atoms with E-state index in [9.17, 15) is 8.42 Å². The summed E-state index contributed by atoms with van der Waals surface area (Å²) in [7, 11) is -3.45. The van der Waals surface area contributed by atoms with E-state index in [2.05, 4.69) is 15.1 Å². The van der Waals surface area contributed by atoms with Crippen LogP contribution in [0.4, 0.5) is 0 Å². The molecular formula is C14H12N4O2S. The predicted octanol–water partition coefficient (Wildman–Crippen LogP) is 1.73. The van der Waals surface area contributed by atoms with Crippen molar-refractivity contribution in [3.63, 3.8) is 0 Å². The van der Waals surface area contributed by atoms with E-state index in [0.717, 1.165) is 11.9 Å². The highest BCUT2D eigenvalue weighted by atomic mass is 32.2. The summed E-state index contributed by atoms with van der Waals surface area (Å²) in [5.74, 6) is 0. The Labute approximate surface area is 122 Å². The second-order valence-electron chi connectivity index (χ2n) is 4.46. The molecule has 7 heteroatoms. The van der Waals surface area contributed by atoms with Gasteiger partial charge in [0, 0.05) is 12.5 Å². The van der Waals surface area contributed by atoms with Gasteiger partial charge in [-0.2, -0.15) is 5.10 Å². The van der Waals surface area contributed by atoms with E-state index in [0.29, 0.717) is 11.4 Å². The summed E-state index contributed by atoms with van der Waals surface area (Å²) in [5.41, 5.74) is 2.08. The Bertz CT molecular complexity index is 873. The molecule has 0 fully saturated rings. The molecule has 106 valence electrons. The zero-order chi connectivity index (χ0) is 14.9. The van der Waals surface area contributed by atoms with Crippen LogP contribution in [0, 0.1) is 0 Å². The van der Waals surface area contributed by atoms with Gasteiger partial charge in [-0.15, -0.1) is 0 Å². The molecule has 3 rings (SSSR count). The van der Waals surface area contributed by atoms with Crippen molar-refractivity contribution in [2.24, 2.45) is 0 Å². The van der Waals surface area contributed by atoms with Crippen molar-refractivity contribution in [2.75, 3.05) is 6.26 Å². The van der Waals surface area contributed by atoms with Gasteiger partial charge < -0.3 is 0 Å². The SMILES string of the molecule is CS(=O)(=O)c1nccc(-c2ccnn2-c2ccccc2)n1. The van der Waals surface area contributed by atoms with Gasteiger partial charge in [-0.05, 0) is 24.3 Å². The number of hydrogen-bond acceptors (Lipinski definition) is 5. The Hall–Kier alpha value is -2.54. The van der Waals surface area contributed by atoms with Crippen LogP contribution in [0.5, 0.6) is 0 Å². The molecule has 2 aromatic heterocycles. The Kier molecular flexibility index (Phi) is 3.26. The van der Waals surface area contributed by atoms with Gasteiger partial charge in [-0.1, -0.05) is 18.2 Å². The highest BCUT2D eigenvalue weighted by Crippen LogP contribution is 2.20. The number of rotatable bonds is 3. The van der Waals surface area contributed by atoms with Crippen LogP contribution in [0.25, 0.3) is 17.1 Å². The Balaban J connectivity index is 2.13. The topological polar surface area (TPSA) is 77.7 Å². The van der Waals surface area contributed by atoms with Gasteiger partial charge in [0.2, 0.25) is 15.0 Å². The molecule has 0 aliphatic heterocycles. The normalized spacial score (nSPS) is 11.5. The second kappa shape index (κ2) is 5.10. The molecule has 0 saturated carbocycles. The van der Waals surface area contributed by atoms with Gasteiger partial charge in [-0.25, -0.2) is 23.1 Å². The molecule has 0 aliphatic rings. The molecule has 0 saturated heterocycles. The Morgan fingerprint density at radius 1 is 1.00 bits per heavy atom. The van der Waals surface area contributed by atoms with Gasteiger partial charge in [0.05, 0.1) is 23.3 Å². The minimum absolute atomic E-state index is 0.194. The lowest BCUT2D eigenvalue weighted by Crippen LogP contribution is -2.06. The number of benzene rings is 1. The maximum Gasteiger partial charge on any atom is 0.247 e. The van der Waals surface area contributed by atoms with E-state index in [1.165, 1.54) is 6.20 Å². The fourth-order valence-electron chi connectivity index (χ4n) is 1.93. The van der Waals surface area contributed by atoms with E-state index in [4.69, 9.17) is 0 Å². The summed E-state index contributed by atoms with van der Waals surface area (Å²) in [5, 5.41) is 4.07. The number of para-hydroxylation sites is 1.